The van der Waals surface area contributed by atoms with Crippen LogP contribution in [-0.2, 0) is 23.8 Å². The molecule has 4 aromatic rings. The molecule has 0 bridgehead atoms. The third kappa shape index (κ3) is 4.37. The number of aromatic nitrogens is 4. The van der Waals surface area contributed by atoms with E-state index in [9.17, 15) is 22.8 Å². The van der Waals surface area contributed by atoms with Gasteiger partial charge in [-0.15, -0.1) is 5.10 Å². The Balaban J connectivity index is 1.57. The summed E-state index contributed by atoms with van der Waals surface area (Å²) >= 11 is 0. The van der Waals surface area contributed by atoms with E-state index in [4.69, 9.17) is 9.15 Å². The third-order valence-corrected chi connectivity index (χ3v) is 5.62. The highest BCUT2D eigenvalue weighted by Gasteiger charge is 2.37. The number of fused-ring (bicyclic) bond motifs is 2. The van der Waals surface area contributed by atoms with E-state index in [1.54, 1.807) is 20.8 Å². The van der Waals surface area contributed by atoms with Gasteiger partial charge >= 0.3 is 17.8 Å². The SMILES string of the molecule is CCc1cc2c(C)cc(=O)oc2cc1OC(=O)CCc1c(C)nc2nc(C(F)(F)F)nn2c1C. The monoisotopic (exact) mass is 474 g/mol. The number of nitrogens with zero attached hydrogens (tertiary/aromatic N) is 4. The molecule has 8 nitrogen and oxygen atoms in total. The van der Waals surface area contributed by atoms with E-state index >= 15 is 0 Å². The standard InChI is InChI=1S/C23H21F3N4O4/c1-5-14-9-16-11(2)8-20(32)34-18(16)10-17(14)33-19(31)7-6-15-12(3)27-22-28-21(23(24,25)26)29-30(22)13(15)4/h8-10H,5-7H2,1-4H3. The maximum Gasteiger partial charge on any atom is 0.453 e. The van der Waals surface area contributed by atoms with Gasteiger partial charge in [0.1, 0.15) is 11.3 Å². The number of esters is 1. The first-order valence-corrected chi connectivity index (χ1v) is 10.6. The average Bonchev–Trinajstić information content (AvgIpc) is 3.18. The summed E-state index contributed by atoms with van der Waals surface area (Å²) in [5.41, 5.74) is 2.80. The first-order chi connectivity index (χ1) is 16.0. The van der Waals surface area contributed by atoms with Crippen LogP contribution in [0.4, 0.5) is 13.2 Å². The second kappa shape index (κ2) is 8.54. The number of alkyl halides is 3. The Labute approximate surface area is 191 Å². The molecule has 0 fully saturated rings. The van der Waals surface area contributed by atoms with Gasteiger partial charge in [-0.1, -0.05) is 6.92 Å². The van der Waals surface area contributed by atoms with Crippen molar-refractivity contribution in [3.05, 3.63) is 62.5 Å². The van der Waals surface area contributed by atoms with Gasteiger partial charge in [-0.3, -0.25) is 4.79 Å². The molecule has 1 aromatic carbocycles. The molecular weight excluding hydrogens is 453 g/mol. The van der Waals surface area contributed by atoms with Crippen LogP contribution < -0.4 is 10.4 Å². The van der Waals surface area contributed by atoms with E-state index < -0.39 is 23.6 Å². The van der Waals surface area contributed by atoms with Crippen molar-refractivity contribution in [3.8, 4) is 5.75 Å². The zero-order valence-electron chi connectivity index (χ0n) is 18.9. The summed E-state index contributed by atoms with van der Waals surface area (Å²) < 4.78 is 50.7. The molecule has 0 radical (unpaired) electrons. The molecule has 0 aliphatic rings. The Morgan fingerprint density at radius 3 is 2.56 bits per heavy atom. The number of benzene rings is 1. The van der Waals surface area contributed by atoms with Crippen LogP contribution in [0.2, 0.25) is 0 Å². The van der Waals surface area contributed by atoms with E-state index in [2.05, 4.69) is 15.1 Å². The van der Waals surface area contributed by atoms with Crippen LogP contribution in [-0.4, -0.2) is 25.6 Å². The van der Waals surface area contributed by atoms with Gasteiger partial charge in [0, 0.05) is 28.9 Å². The van der Waals surface area contributed by atoms with E-state index in [1.165, 1.54) is 12.1 Å². The number of carbonyl (C=O) groups excluding carboxylic acids is 1. The molecule has 0 atom stereocenters. The molecule has 0 amide bonds. The summed E-state index contributed by atoms with van der Waals surface area (Å²) in [5.74, 6) is -1.68. The normalized spacial score (nSPS) is 12.0. The summed E-state index contributed by atoms with van der Waals surface area (Å²) in [6.45, 7) is 6.94. The number of hydrogen-bond donors (Lipinski definition) is 0. The van der Waals surface area contributed by atoms with Gasteiger partial charge in [-0.25, -0.2) is 14.3 Å². The fraction of sp³-hybridized carbons (Fsp3) is 0.348. The average molecular weight is 474 g/mol. The van der Waals surface area contributed by atoms with E-state index in [1.807, 2.05) is 13.0 Å². The Hall–Kier alpha value is -3.76. The van der Waals surface area contributed by atoms with Crippen LogP contribution in [0.1, 0.15) is 47.2 Å². The maximum atomic E-state index is 13.0. The minimum atomic E-state index is -4.69. The van der Waals surface area contributed by atoms with E-state index in [0.717, 1.165) is 21.0 Å². The lowest BCUT2D eigenvalue weighted by Crippen LogP contribution is -2.13. The molecule has 4 rings (SSSR count). The molecule has 0 aliphatic carbocycles. The quantitative estimate of drug-likeness (QED) is 0.242. The van der Waals surface area contributed by atoms with Crippen LogP contribution in [0.25, 0.3) is 16.7 Å². The second-order valence-electron chi connectivity index (χ2n) is 7.94. The van der Waals surface area contributed by atoms with Crippen molar-refractivity contribution < 1.29 is 27.1 Å². The lowest BCUT2D eigenvalue weighted by Gasteiger charge is -2.12. The number of rotatable bonds is 5. The van der Waals surface area contributed by atoms with Gasteiger partial charge in [-0.05, 0) is 56.4 Å². The molecule has 0 N–H and O–H groups in total. The van der Waals surface area contributed by atoms with Crippen LogP contribution >= 0.6 is 0 Å². The Bertz CT molecular complexity index is 1490. The molecule has 3 heterocycles. The third-order valence-electron chi connectivity index (χ3n) is 5.62. The van der Waals surface area contributed by atoms with Crippen molar-refractivity contribution in [2.75, 3.05) is 0 Å². The van der Waals surface area contributed by atoms with Crippen molar-refractivity contribution >= 4 is 22.7 Å². The van der Waals surface area contributed by atoms with Crippen molar-refractivity contribution in [1.29, 1.82) is 0 Å². The minimum absolute atomic E-state index is 0.0470. The fourth-order valence-electron chi connectivity index (χ4n) is 3.85. The molecule has 0 saturated carbocycles. The number of halogens is 3. The van der Waals surface area contributed by atoms with Crippen LogP contribution in [0.5, 0.6) is 5.75 Å². The van der Waals surface area contributed by atoms with E-state index in [-0.39, 0.29) is 18.6 Å². The first kappa shape index (κ1) is 23.4. The minimum Gasteiger partial charge on any atom is -0.426 e. The van der Waals surface area contributed by atoms with Crippen molar-refractivity contribution in [2.45, 2.75) is 53.1 Å². The van der Waals surface area contributed by atoms with Crippen molar-refractivity contribution in [3.63, 3.8) is 0 Å². The van der Waals surface area contributed by atoms with Crippen molar-refractivity contribution in [2.24, 2.45) is 0 Å². The van der Waals surface area contributed by atoms with Gasteiger partial charge in [0.2, 0.25) is 0 Å². The number of ether oxygens (including phenoxy) is 1. The lowest BCUT2D eigenvalue weighted by molar-refractivity contribution is -0.144. The number of aryl methyl sites for hydroxylation is 4. The molecular formula is C23H21F3N4O4. The Morgan fingerprint density at radius 2 is 1.88 bits per heavy atom. The summed E-state index contributed by atoms with van der Waals surface area (Å²) in [7, 11) is 0. The molecule has 0 aliphatic heterocycles. The van der Waals surface area contributed by atoms with Crippen LogP contribution in [0.3, 0.4) is 0 Å². The fourth-order valence-corrected chi connectivity index (χ4v) is 3.85. The van der Waals surface area contributed by atoms with Crippen LogP contribution in [0, 0.1) is 20.8 Å². The van der Waals surface area contributed by atoms with Gasteiger partial charge in [0.05, 0.1) is 6.42 Å². The van der Waals surface area contributed by atoms with Gasteiger partial charge in [0.25, 0.3) is 11.6 Å². The van der Waals surface area contributed by atoms with Crippen LogP contribution in [0.15, 0.2) is 27.4 Å². The second-order valence-corrected chi connectivity index (χ2v) is 7.94. The number of hydrogen-bond acceptors (Lipinski definition) is 7. The Kier molecular flexibility index (Phi) is 5.88. The first-order valence-electron chi connectivity index (χ1n) is 10.6. The predicted octanol–water partition coefficient (Wildman–Crippen LogP) is 4.28. The smallest absolute Gasteiger partial charge is 0.426 e. The molecule has 11 heteroatoms. The molecule has 0 unspecified atom stereocenters. The van der Waals surface area contributed by atoms with E-state index in [0.29, 0.717) is 34.7 Å². The van der Waals surface area contributed by atoms with Crippen molar-refractivity contribution in [1.82, 2.24) is 19.6 Å². The zero-order chi connectivity index (χ0) is 24.8. The molecule has 0 spiro atoms. The largest absolute Gasteiger partial charge is 0.453 e. The van der Waals surface area contributed by atoms with Gasteiger partial charge < -0.3 is 9.15 Å². The summed E-state index contributed by atoms with van der Waals surface area (Å²) in [5, 5.41) is 4.27. The summed E-state index contributed by atoms with van der Waals surface area (Å²) in [6, 6.07) is 4.75. The Morgan fingerprint density at radius 1 is 1.15 bits per heavy atom. The number of carbonyl (C=O) groups is 1. The zero-order valence-corrected chi connectivity index (χ0v) is 18.9. The summed E-state index contributed by atoms with van der Waals surface area (Å²) in [6.07, 6.45) is -3.96. The highest BCUT2D eigenvalue weighted by molar-refractivity contribution is 5.84. The maximum absolute atomic E-state index is 13.0. The predicted molar refractivity (Wildman–Crippen MR) is 116 cm³/mol. The highest BCUT2D eigenvalue weighted by atomic mass is 19.4. The molecule has 178 valence electrons. The lowest BCUT2D eigenvalue weighted by atomic mass is 10.0. The molecule has 0 saturated heterocycles. The topological polar surface area (TPSA) is 99.6 Å². The molecule has 3 aromatic heterocycles. The van der Waals surface area contributed by atoms with Gasteiger partial charge in [0.15, 0.2) is 0 Å². The highest BCUT2D eigenvalue weighted by Crippen LogP contribution is 2.29. The summed E-state index contributed by atoms with van der Waals surface area (Å²) in [4.78, 5) is 31.9. The van der Waals surface area contributed by atoms with Gasteiger partial charge in [-0.2, -0.15) is 18.2 Å². The molecule has 34 heavy (non-hydrogen) atoms.